The van der Waals surface area contributed by atoms with Gasteiger partial charge in [-0.3, -0.25) is 4.79 Å². The van der Waals surface area contributed by atoms with Gasteiger partial charge in [-0.2, -0.15) is 0 Å². The molecule has 2 saturated heterocycles. The van der Waals surface area contributed by atoms with E-state index in [0.29, 0.717) is 18.0 Å². The Morgan fingerprint density at radius 3 is 2.76 bits per heavy atom. The average molecular weight is 346 g/mol. The van der Waals surface area contributed by atoms with E-state index < -0.39 is 0 Å². The number of piperidine rings is 1. The lowest BCUT2D eigenvalue weighted by atomic mass is 9.84. The Hall–Kier alpha value is -2.15. The SMILES string of the molecule is Cn1c(N2CCC([C@@H]3OCC[C@H]3C(N)=O)CC2)nc2c(F)cccc21. The molecule has 2 N–H and O–H groups in total. The lowest BCUT2D eigenvalue weighted by Crippen LogP contribution is -2.42. The number of ether oxygens (including phenoxy) is 1. The summed E-state index contributed by atoms with van der Waals surface area (Å²) in [4.78, 5) is 18.3. The molecule has 2 aliphatic heterocycles. The van der Waals surface area contributed by atoms with Gasteiger partial charge in [0.25, 0.3) is 0 Å². The molecule has 2 atom stereocenters. The molecule has 7 heteroatoms. The van der Waals surface area contributed by atoms with Crippen molar-refractivity contribution in [1.82, 2.24) is 9.55 Å². The quantitative estimate of drug-likeness (QED) is 0.920. The molecule has 6 nitrogen and oxygen atoms in total. The zero-order valence-electron chi connectivity index (χ0n) is 14.3. The largest absolute Gasteiger partial charge is 0.377 e. The van der Waals surface area contributed by atoms with Gasteiger partial charge in [-0.15, -0.1) is 0 Å². The fraction of sp³-hybridized carbons (Fsp3) is 0.556. The number of nitrogens with zero attached hydrogens (tertiary/aromatic N) is 3. The van der Waals surface area contributed by atoms with E-state index >= 15 is 0 Å². The van der Waals surface area contributed by atoms with Crippen LogP contribution in [0.5, 0.6) is 0 Å². The molecule has 0 spiro atoms. The van der Waals surface area contributed by atoms with Gasteiger partial charge in [0, 0.05) is 26.7 Å². The highest BCUT2D eigenvalue weighted by molar-refractivity contribution is 5.79. The predicted octanol–water partition coefficient (Wildman–Crippen LogP) is 1.82. The van der Waals surface area contributed by atoms with Crippen molar-refractivity contribution in [2.45, 2.75) is 25.4 Å². The molecule has 25 heavy (non-hydrogen) atoms. The molecular weight excluding hydrogens is 323 g/mol. The predicted molar refractivity (Wildman–Crippen MR) is 92.7 cm³/mol. The number of primary amides is 1. The number of aryl methyl sites for hydroxylation is 1. The Bertz CT molecular complexity index is 798. The van der Waals surface area contributed by atoms with E-state index in [2.05, 4.69) is 9.88 Å². The van der Waals surface area contributed by atoms with E-state index in [1.807, 2.05) is 17.7 Å². The van der Waals surface area contributed by atoms with Crippen molar-refractivity contribution in [2.75, 3.05) is 24.6 Å². The number of amides is 1. The van der Waals surface area contributed by atoms with Gasteiger partial charge in [0.15, 0.2) is 5.82 Å². The molecule has 1 aromatic heterocycles. The van der Waals surface area contributed by atoms with E-state index in [-0.39, 0.29) is 23.7 Å². The molecule has 0 aliphatic carbocycles. The molecule has 2 fully saturated rings. The van der Waals surface area contributed by atoms with Gasteiger partial charge in [-0.25, -0.2) is 9.37 Å². The van der Waals surface area contributed by atoms with E-state index in [1.165, 1.54) is 6.07 Å². The highest BCUT2D eigenvalue weighted by Crippen LogP contribution is 2.34. The molecule has 0 radical (unpaired) electrons. The Balaban J connectivity index is 1.50. The first-order valence-electron chi connectivity index (χ1n) is 8.83. The topological polar surface area (TPSA) is 73.4 Å². The summed E-state index contributed by atoms with van der Waals surface area (Å²) in [6, 6.07) is 5.02. The summed E-state index contributed by atoms with van der Waals surface area (Å²) in [5.41, 5.74) is 6.72. The molecule has 0 saturated carbocycles. The Morgan fingerprint density at radius 2 is 2.08 bits per heavy atom. The van der Waals surface area contributed by atoms with E-state index in [1.54, 1.807) is 6.07 Å². The number of imidazole rings is 1. The number of rotatable bonds is 3. The third-order valence-electron chi connectivity index (χ3n) is 5.63. The number of hydrogen-bond acceptors (Lipinski definition) is 4. The first-order chi connectivity index (χ1) is 12.1. The van der Waals surface area contributed by atoms with Crippen LogP contribution in [0.2, 0.25) is 0 Å². The highest BCUT2D eigenvalue weighted by atomic mass is 19.1. The van der Waals surface area contributed by atoms with Crippen LogP contribution in [0.15, 0.2) is 18.2 Å². The number of benzene rings is 1. The van der Waals surface area contributed by atoms with Gasteiger partial charge in [0.05, 0.1) is 17.5 Å². The number of aromatic nitrogens is 2. The first kappa shape index (κ1) is 16.3. The summed E-state index contributed by atoms with van der Waals surface area (Å²) in [6.45, 7) is 2.24. The fourth-order valence-electron chi connectivity index (χ4n) is 4.26. The fourth-order valence-corrected chi connectivity index (χ4v) is 4.26. The van der Waals surface area contributed by atoms with Crippen LogP contribution in [0.4, 0.5) is 10.3 Å². The molecule has 134 valence electrons. The maximum absolute atomic E-state index is 14.0. The van der Waals surface area contributed by atoms with Gasteiger partial charge >= 0.3 is 0 Å². The third-order valence-corrected chi connectivity index (χ3v) is 5.63. The van der Waals surface area contributed by atoms with E-state index in [0.717, 1.165) is 43.8 Å². The minimum Gasteiger partial charge on any atom is -0.377 e. The van der Waals surface area contributed by atoms with Crippen molar-refractivity contribution < 1.29 is 13.9 Å². The lowest BCUT2D eigenvalue weighted by Gasteiger charge is -2.36. The van der Waals surface area contributed by atoms with Crippen LogP contribution in [0.3, 0.4) is 0 Å². The maximum Gasteiger partial charge on any atom is 0.223 e. The van der Waals surface area contributed by atoms with Crippen molar-refractivity contribution in [3.05, 3.63) is 24.0 Å². The van der Waals surface area contributed by atoms with Crippen LogP contribution in [0, 0.1) is 17.7 Å². The highest BCUT2D eigenvalue weighted by Gasteiger charge is 2.39. The number of halogens is 1. The van der Waals surface area contributed by atoms with Crippen LogP contribution in [0.1, 0.15) is 19.3 Å². The summed E-state index contributed by atoms with van der Waals surface area (Å²) in [5, 5.41) is 0. The van der Waals surface area contributed by atoms with E-state index in [9.17, 15) is 9.18 Å². The number of para-hydroxylation sites is 1. The molecule has 1 aromatic carbocycles. The van der Waals surface area contributed by atoms with Gasteiger partial charge in [0.2, 0.25) is 11.9 Å². The van der Waals surface area contributed by atoms with Crippen molar-refractivity contribution in [3.63, 3.8) is 0 Å². The molecule has 1 amide bonds. The van der Waals surface area contributed by atoms with Crippen LogP contribution < -0.4 is 10.6 Å². The smallest absolute Gasteiger partial charge is 0.223 e. The molecule has 0 unspecified atom stereocenters. The summed E-state index contributed by atoms with van der Waals surface area (Å²) < 4.78 is 21.7. The van der Waals surface area contributed by atoms with Crippen molar-refractivity contribution in [2.24, 2.45) is 24.6 Å². The molecule has 2 aromatic rings. The lowest BCUT2D eigenvalue weighted by molar-refractivity contribution is -0.124. The molecular formula is C18H23FN4O2. The van der Waals surface area contributed by atoms with Gasteiger partial charge in [0.1, 0.15) is 5.52 Å². The van der Waals surface area contributed by atoms with Gasteiger partial charge in [-0.1, -0.05) is 6.07 Å². The third kappa shape index (κ3) is 2.76. The second kappa shape index (κ2) is 6.29. The van der Waals surface area contributed by atoms with Crippen molar-refractivity contribution in [3.8, 4) is 0 Å². The van der Waals surface area contributed by atoms with Gasteiger partial charge in [-0.05, 0) is 37.3 Å². The van der Waals surface area contributed by atoms with Crippen LogP contribution in [0.25, 0.3) is 11.0 Å². The number of carbonyl (C=O) groups is 1. The maximum atomic E-state index is 14.0. The Labute approximate surface area is 145 Å². The number of hydrogen-bond donors (Lipinski definition) is 1. The minimum absolute atomic E-state index is 0.0578. The first-order valence-corrected chi connectivity index (χ1v) is 8.83. The monoisotopic (exact) mass is 346 g/mol. The molecule has 0 bridgehead atoms. The summed E-state index contributed by atoms with van der Waals surface area (Å²) in [6.07, 6.45) is 2.50. The minimum atomic E-state index is -0.294. The summed E-state index contributed by atoms with van der Waals surface area (Å²) in [7, 11) is 1.92. The zero-order chi connectivity index (χ0) is 17.6. The Kier molecular flexibility index (Phi) is 4.11. The van der Waals surface area contributed by atoms with Crippen molar-refractivity contribution >= 4 is 22.9 Å². The van der Waals surface area contributed by atoms with Crippen LogP contribution in [-0.4, -0.2) is 41.3 Å². The van der Waals surface area contributed by atoms with Crippen LogP contribution >= 0.6 is 0 Å². The normalized spacial score (nSPS) is 25.0. The summed E-state index contributed by atoms with van der Waals surface area (Å²) >= 11 is 0. The second-order valence-corrected chi connectivity index (χ2v) is 7.04. The summed E-state index contributed by atoms with van der Waals surface area (Å²) in [5.74, 6) is 0.412. The van der Waals surface area contributed by atoms with Crippen LogP contribution in [-0.2, 0) is 16.6 Å². The molecule has 3 heterocycles. The van der Waals surface area contributed by atoms with Crippen molar-refractivity contribution in [1.29, 1.82) is 0 Å². The zero-order valence-corrected chi connectivity index (χ0v) is 14.3. The van der Waals surface area contributed by atoms with E-state index in [4.69, 9.17) is 10.5 Å². The van der Waals surface area contributed by atoms with Gasteiger partial charge < -0.3 is 19.9 Å². The average Bonchev–Trinajstić information content (AvgIpc) is 3.22. The Morgan fingerprint density at radius 1 is 1.32 bits per heavy atom. The molecule has 4 rings (SSSR count). The number of carbonyl (C=O) groups excluding carboxylic acids is 1. The molecule has 2 aliphatic rings. The second-order valence-electron chi connectivity index (χ2n) is 7.04. The standard InChI is InChI=1S/C18H23FN4O2/c1-22-14-4-2-3-13(19)15(14)21-18(22)23-8-5-11(6-9-23)16-12(17(20)24)7-10-25-16/h2-4,11-12,16H,5-10H2,1H3,(H2,20,24)/t12-,16+/m1/s1. The number of fused-ring (bicyclic) bond motifs is 1. The number of nitrogens with two attached hydrogens (primary N) is 1. The number of anilines is 1.